The Balaban J connectivity index is 1.65. The Hall–Kier alpha value is -1.57. The van der Waals surface area contributed by atoms with Gasteiger partial charge >= 0.3 is 0 Å². The minimum Gasteiger partial charge on any atom is -0.297 e. The number of hydrogen-bond acceptors (Lipinski definition) is 6. The number of benzene rings is 1. The predicted molar refractivity (Wildman–Crippen MR) is 104 cm³/mol. The zero-order valence-corrected chi connectivity index (χ0v) is 15.9. The quantitative estimate of drug-likeness (QED) is 0.791. The fraction of sp³-hybridized carbons (Fsp3) is 0.421. The molecule has 136 valence electrons. The van der Waals surface area contributed by atoms with Gasteiger partial charge in [0.1, 0.15) is 5.82 Å². The second-order valence-corrected chi connectivity index (χ2v) is 8.16. The third kappa shape index (κ3) is 3.75. The standard InChI is InChI=1S/C19H20FN3OS2/c20-16-4-2-1-3-15(16)18(19(24)12-5-6-12)23-8-7-17(25)13(10-23)9-14-11-26-22-21-14/h1-4,9,11-12,17-18,25H,5-8,10H2/b13-9-. The number of halogens is 1. The van der Waals surface area contributed by atoms with Crippen LogP contribution in [0, 0.1) is 11.7 Å². The number of carbonyl (C=O) groups is 1. The molecular weight excluding hydrogens is 369 g/mol. The summed E-state index contributed by atoms with van der Waals surface area (Å²) in [4.78, 5) is 15.1. The van der Waals surface area contributed by atoms with Crippen LogP contribution in [-0.2, 0) is 4.79 Å². The molecule has 2 fully saturated rings. The van der Waals surface area contributed by atoms with Crippen LogP contribution in [0.25, 0.3) is 6.08 Å². The summed E-state index contributed by atoms with van der Waals surface area (Å²) in [6, 6.07) is 6.11. The SMILES string of the molecule is O=C(C1CC1)C(c1ccccc1F)N1CCC(S)/C(=C\c2csnn2)C1. The van der Waals surface area contributed by atoms with Gasteiger partial charge in [-0.1, -0.05) is 22.7 Å². The van der Waals surface area contributed by atoms with Gasteiger partial charge in [-0.2, -0.15) is 12.6 Å². The lowest BCUT2D eigenvalue weighted by Gasteiger charge is -2.37. The number of rotatable bonds is 5. The van der Waals surface area contributed by atoms with Crippen LogP contribution in [0.3, 0.4) is 0 Å². The number of carbonyl (C=O) groups excluding carboxylic acids is 1. The minimum atomic E-state index is -0.526. The molecule has 1 saturated heterocycles. The van der Waals surface area contributed by atoms with Crippen molar-refractivity contribution in [3.8, 4) is 0 Å². The molecule has 26 heavy (non-hydrogen) atoms. The van der Waals surface area contributed by atoms with Crippen LogP contribution in [-0.4, -0.2) is 38.6 Å². The van der Waals surface area contributed by atoms with Crippen molar-refractivity contribution in [3.63, 3.8) is 0 Å². The Bertz CT molecular complexity index is 820. The molecule has 2 unspecified atom stereocenters. The lowest BCUT2D eigenvalue weighted by molar-refractivity contribution is -0.126. The van der Waals surface area contributed by atoms with Crippen molar-refractivity contribution in [1.29, 1.82) is 0 Å². The van der Waals surface area contributed by atoms with E-state index < -0.39 is 6.04 Å². The molecule has 0 radical (unpaired) electrons. The summed E-state index contributed by atoms with van der Waals surface area (Å²) >= 11 is 5.99. The number of hydrogen-bond donors (Lipinski definition) is 1. The number of thiol groups is 1. The van der Waals surface area contributed by atoms with E-state index in [-0.39, 0.29) is 22.8 Å². The van der Waals surface area contributed by atoms with Crippen LogP contribution < -0.4 is 0 Å². The minimum absolute atomic E-state index is 0.0727. The molecule has 4 rings (SSSR count). The first-order chi connectivity index (χ1) is 12.6. The molecule has 1 saturated carbocycles. The summed E-state index contributed by atoms with van der Waals surface area (Å²) in [5.41, 5.74) is 2.38. The fourth-order valence-corrected chi connectivity index (χ4v) is 4.18. The molecule has 7 heteroatoms. The maximum atomic E-state index is 14.5. The summed E-state index contributed by atoms with van der Waals surface area (Å²) in [5, 5.41) is 6.07. The van der Waals surface area contributed by atoms with Crippen LogP contribution in [0.5, 0.6) is 0 Å². The van der Waals surface area contributed by atoms with Gasteiger partial charge in [0.15, 0.2) is 5.78 Å². The van der Waals surface area contributed by atoms with E-state index in [1.807, 2.05) is 11.5 Å². The van der Waals surface area contributed by atoms with Crippen molar-refractivity contribution < 1.29 is 9.18 Å². The maximum Gasteiger partial charge on any atom is 0.157 e. The van der Waals surface area contributed by atoms with Gasteiger partial charge in [-0.25, -0.2) is 4.39 Å². The Labute approximate surface area is 161 Å². The molecular formula is C19H20FN3OS2. The van der Waals surface area contributed by atoms with E-state index in [1.54, 1.807) is 18.2 Å². The van der Waals surface area contributed by atoms with Crippen molar-refractivity contribution >= 4 is 36.0 Å². The van der Waals surface area contributed by atoms with Gasteiger partial charge < -0.3 is 0 Å². The van der Waals surface area contributed by atoms with Gasteiger partial charge in [0.25, 0.3) is 0 Å². The smallest absolute Gasteiger partial charge is 0.157 e. The molecule has 2 aromatic rings. The van der Waals surface area contributed by atoms with Crippen LogP contribution in [0.2, 0.25) is 0 Å². The van der Waals surface area contributed by atoms with E-state index in [4.69, 9.17) is 12.6 Å². The van der Waals surface area contributed by atoms with Gasteiger partial charge in [0, 0.05) is 35.2 Å². The van der Waals surface area contributed by atoms with E-state index >= 15 is 0 Å². The van der Waals surface area contributed by atoms with E-state index in [0.29, 0.717) is 12.1 Å². The van der Waals surface area contributed by atoms with Crippen molar-refractivity contribution in [3.05, 3.63) is 52.3 Å². The molecule has 1 aliphatic heterocycles. The number of Topliss-reactive ketones (excluding diaryl/α,β-unsaturated/α-hetero) is 1. The predicted octanol–water partition coefficient (Wildman–Crippen LogP) is 3.79. The van der Waals surface area contributed by atoms with E-state index in [2.05, 4.69) is 14.5 Å². The molecule has 1 aliphatic carbocycles. The Morgan fingerprint density at radius 1 is 1.35 bits per heavy atom. The molecule has 1 aromatic carbocycles. The normalized spacial score (nSPS) is 23.9. The number of piperidine rings is 1. The zero-order chi connectivity index (χ0) is 18.1. The summed E-state index contributed by atoms with van der Waals surface area (Å²) in [6.45, 7) is 1.31. The second kappa shape index (κ2) is 7.58. The van der Waals surface area contributed by atoms with Gasteiger partial charge in [0.05, 0.1) is 11.7 Å². The summed E-state index contributed by atoms with van der Waals surface area (Å²) in [7, 11) is 0. The third-order valence-corrected chi connectivity index (χ3v) is 6.14. The molecule has 2 heterocycles. The van der Waals surface area contributed by atoms with E-state index in [9.17, 15) is 9.18 Å². The molecule has 2 aliphatic rings. The van der Waals surface area contributed by atoms with Crippen LogP contribution in [0.1, 0.15) is 36.6 Å². The number of likely N-dealkylation sites (tertiary alicyclic amines) is 1. The average Bonchev–Trinajstić information content (AvgIpc) is 3.37. The lowest BCUT2D eigenvalue weighted by Crippen LogP contribution is -2.42. The third-order valence-electron chi connectivity index (χ3n) is 5.03. The van der Waals surface area contributed by atoms with Crippen molar-refractivity contribution in [2.24, 2.45) is 5.92 Å². The highest BCUT2D eigenvalue weighted by atomic mass is 32.1. The molecule has 1 aromatic heterocycles. The number of nitrogens with zero attached hydrogens (tertiary/aromatic N) is 3. The highest BCUT2D eigenvalue weighted by Gasteiger charge is 2.40. The van der Waals surface area contributed by atoms with Gasteiger partial charge in [-0.3, -0.25) is 9.69 Å². The van der Waals surface area contributed by atoms with Crippen molar-refractivity contribution in [2.75, 3.05) is 13.1 Å². The summed E-state index contributed by atoms with van der Waals surface area (Å²) in [5.74, 6) is -0.0976. The van der Waals surface area contributed by atoms with Crippen LogP contribution >= 0.6 is 24.2 Å². The maximum absolute atomic E-state index is 14.5. The lowest BCUT2D eigenvalue weighted by atomic mass is 9.93. The van der Waals surface area contributed by atoms with Crippen LogP contribution in [0.4, 0.5) is 4.39 Å². The Kier molecular flexibility index (Phi) is 5.20. The van der Waals surface area contributed by atoms with E-state index in [0.717, 1.165) is 37.1 Å². The first-order valence-electron chi connectivity index (χ1n) is 8.81. The average molecular weight is 390 g/mol. The molecule has 0 N–H and O–H groups in total. The molecule has 0 bridgehead atoms. The Morgan fingerprint density at radius 2 is 2.15 bits per heavy atom. The fourth-order valence-electron chi connectivity index (χ4n) is 3.50. The molecule has 2 atom stereocenters. The monoisotopic (exact) mass is 389 g/mol. The number of ketones is 1. The highest BCUT2D eigenvalue weighted by molar-refractivity contribution is 7.81. The van der Waals surface area contributed by atoms with Crippen molar-refractivity contribution in [2.45, 2.75) is 30.6 Å². The Morgan fingerprint density at radius 3 is 2.85 bits per heavy atom. The second-order valence-electron chi connectivity index (χ2n) is 6.92. The van der Waals surface area contributed by atoms with Gasteiger partial charge in [-0.15, -0.1) is 5.10 Å². The zero-order valence-electron chi connectivity index (χ0n) is 14.2. The van der Waals surface area contributed by atoms with Gasteiger partial charge in [-0.05, 0) is 48.5 Å². The first kappa shape index (κ1) is 17.8. The summed E-state index contributed by atoms with van der Waals surface area (Å²) in [6.07, 6.45) is 4.64. The topological polar surface area (TPSA) is 46.1 Å². The van der Waals surface area contributed by atoms with Gasteiger partial charge in [0.2, 0.25) is 0 Å². The molecule has 4 nitrogen and oxygen atoms in total. The first-order valence-corrected chi connectivity index (χ1v) is 10.2. The van der Waals surface area contributed by atoms with Crippen LogP contribution in [0.15, 0.2) is 35.2 Å². The molecule has 0 spiro atoms. The largest absolute Gasteiger partial charge is 0.297 e. The highest BCUT2D eigenvalue weighted by Crippen LogP contribution is 2.39. The van der Waals surface area contributed by atoms with Crippen molar-refractivity contribution in [1.82, 2.24) is 14.5 Å². The van der Waals surface area contributed by atoms with E-state index in [1.165, 1.54) is 17.6 Å². The number of aromatic nitrogens is 2. The summed E-state index contributed by atoms with van der Waals surface area (Å²) < 4.78 is 18.4. The molecule has 0 amide bonds.